The van der Waals surface area contributed by atoms with Crippen LogP contribution in [-0.4, -0.2) is 35.2 Å². The molecular weight excluding hydrogens is 198 g/mol. The van der Waals surface area contributed by atoms with Crippen molar-refractivity contribution in [3.05, 3.63) is 0 Å². The lowest BCUT2D eigenvalue weighted by molar-refractivity contribution is 0.0248. The van der Waals surface area contributed by atoms with Gasteiger partial charge in [0.1, 0.15) is 0 Å². The summed E-state index contributed by atoms with van der Waals surface area (Å²) in [7, 11) is 0. The third-order valence-electron chi connectivity index (χ3n) is 3.46. The molecule has 96 valence electrons. The third kappa shape index (κ3) is 4.84. The molecule has 0 bridgehead atoms. The molecular formula is C14H29NO. The molecule has 0 radical (unpaired) electrons. The zero-order chi connectivity index (χ0) is 12.3. The highest BCUT2D eigenvalue weighted by atomic mass is 16.3. The summed E-state index contributed by atoms with van der Waals surface area (Å²) in [5.41, 5.74) is 0.00493. The van der Waals surface area contributed by atoms with Crippen molar-refractivity contribution in [3.8, 4) is 0 Å². The first kappa shape index (κ1) is 14.0. The second-order valence-corrected chi connectivity index (χ2v) is 6.79. The van der Waals surface area contributed by atoms with Gasteiger partial charge in [-0.15, -0.1) is 0 Å². The van der Waals surface area contributed by atoms with Crippen LogP contribution in [0.2, 0.25) is 0 Å². The number of rotatable bonds is 6. The summed E-state index contributed by atoms with van der Waals surface area (Å²) in [6, 6.07) is 0.760. The van der Waals surface area contributed by atoms with Crippen LogP contribution in [0.15, 0.2) is 0 Å². The Balaban J connectivity index is 2.39. The highest BCUT2D eigenvalue weighted by molar-refractivity contribution is 4.87. The monoisotopic (exact) mass is 227 g/mol. The molecule has 0 aliphatic heterocycles. The van der Waals surface area contributed by atoms with Gasteiger partial charge >= 0.3 is 0 Å². The molecule has 0 saturated heterocycles. The zero-order valence-electron chi connectivity index (χ0n) is 11.7. The van der Waals surface area contributed by atoms with E-state index in [0.29, 0.717) is 0 Å². The molecule has 16 heavy (non-hydrogen) atoms. The fourth-order valence-corrected chi connectivity index (χ4v) is 1.78. The maximum Gasteiger partial charge on any atom is 0.0715 e. The van der Waals surface area contributed by atoms with Crippen LogP contribution in [-0.2, 0) is 0 Å². The number of aliphatic hydroxyl groups excluding tert-OH is 1. The molecule has 1 atom stereocenters. The number of aliphatic hydroxyl groups is 1. The first-order valence-electron chi connectivity index (χ1n) is 6.73. The van der Waals surface area contributed by atoms with Crippen LogP contribution < -0.4 is 0 Å². The minimum Gasteiger partial charge on any atom is -0.391 e. The maximum absolute atomic E-state index is 10.2. The molecule has 2 nitrogen and oxygen atoms in total. The van der Waals surface area contributed by atoms with E-state index in [2.05, 4.69) is 39.5 Å². The Labute approximate surface area is 101 Å². The van der Waals surface area contributed by atoms with E-state index in [1.807, 2.05) is 0 Å². The van der Waals surface area contributed by atoms with Gasteiger partial charge in [-0.1, -0.05) is 34.6 Å². The SMILES string of the molecule is CC(C)CCN(CC(O)C(C)(C)C)C1CC1. The van der Waals surface area contributed by atoms with Crippen molar-refractivity contribution in [2.75, 3.05) is 13.1 Å². The maximum atomic E-state index is 10.2. The number of nitrogens with zero attached hydrogens (tertiary/aromatic N) is 1. The van der Waals surface area contributed by atoms with Crippen molar-refractivity contribution in [3.63, 3.8) is 0 Å². The van der Waals surface area contributed by atoms with Crippen molar-refractivity contribution in [2.24, 2.45) is 11.3 Å². The average Bonchev–Trinajstić information content (AvgIpc) is 2.92. The van der Waals surface area contributed by atoms with Gasteiger partial charge in [-0.3, -0.25) is 4.90 Å². The van der Waals surface area contributed by atoms with Gasteiger partial charge in [0.25, 0.3) is 0 Å². The molecule has 0 aromatic rings. The first-order chi connectivity index (χ1) is 7.30. The average molecular weight is 227 g/mol. The second kappa shape index (κ2) is 5.50. The Morgan fingerprint density at radius 1 is 1.25 bits per heavy atom. The van der Waals surface area contributed by atoms with Crippen LogP contribution >= 0.6 is 0 Å². The molecule has 2 heteroatoms. The Morgan fingerprint density at radius 3 is 2.19 bits per heavy atom. The highest BCUT2D eigenvalue weighted by Crippen LogP contribution is 2.29. The van der Waals surface area contributed by atoms with E-state index in [1.165, 1.54) is 19.3 Å². The van der Waals surface area contributed by atoms with Gasteiger partial charge in [-0.25, -0.2) is 0 Å². The largest absolute Gasteiger partial charge is 0.391 e. The number of hydrogen-bond acceptors (Lipinski definition) is 2. The van der Waals surface area contributed by atoms with Crippen molar-refractivity contribution < 1.29 is 5.11 Å². The molecule has 1 unspecified atom stereocenters. The molecule has 1 rings (SSSR count). The van der Waals surface area contributed by atoms with Gasteiger partial charge < -0.3 is 5.11 Å². The quantitative estimate of drug-likeness (QED) is 0.754. The lowest BCUT2D eigenvalue weighted by Crippen LogP contribution is -2.41. The van der Waals surface area contributed by atoms with Gasteiger partial charge in [0, 0.05) is 12.6 Å². The predicted molar refractivity (Wildman–Crippen MR) is 69.5 cm³/mol. The summed E-state index contributed by atoms with van der Waals surface area (Å²) in [6.45, 7) is 12.9. The van der Waals surface area contributed by atoms with Crippen LogP contribution in [0, 0.1) is 11.3 Å². The Hall–Kier alpha value is -0.0800. The fraction of sp³-hybridized carbons (Fsp3) is 1.00. The smallest absolute Gasteiger partial charge is 0.0715 e. The van der Waals surface area contributed by atoms with E-state index in [0.717, 1.165) is 25.0 Å². The molecule has 0 spiro atoms. The second-order valence-electron chi connectivity index (χ2n) is 6.79. The van der Waals surface area contributed by atoms with Crippen LogP contribution in [0.5, 0.6) is 0 Å². The predicted octanol–water partition coefficient (Wildman–Crippen LogP) is 2.90. The van der Waals surface area contributed by atoms with Gasteiger partial charge in [0.2, 0.25) is 0 Å². The summed E-state index contributed by atoms with van der Waals surface area (Å²) in [6.07, 6.45) is 3.69. The molecule has 0 aromatic carbocycles. The van der Waals surface area contributed by atoms with Gasteiger partial charge in [0.05, 0.1) is 6.10 Å². The summed E-state index contributed by atoms with van der Waals surface area (Å²) >= 11 is 0. The van der Waals surface area contributed by atoms with Crippen molar-refractivity contribution in [1.29, 1.82) is 0 Å². The van der Waals surface area contributed by atoms with Crippen LogP contribution in [0.4, 0.5) is 0 Å². The normalized spacial score (nSPS) is 19.5. The summed E-state index contributed by atoms with van der Waals surface area (Å²) in [5.74, 6) is 0.757. The number of hydrogen-bond donors (Lipinski definition) is 1. The van der Waals surface area contributed by atoms with Gasteiger partial charge in [-0.05, 0) is 37.1 Å². The summed E-state index contributed by atoms with van der Waals surface area (Å²) in [4.78, 5) is 2.50. The highest BCUT2D eigenvalue weighted by Gasteiger charge is 2.32. The lowest BCUT2D eigenvalue weighted by Gasteiger charge is -2.32. The minimum atomic E-state index is -0.208. The Bertz CT molecular complexity index is 203. The van der Waals surface area contributed by atoms with E-state index in [4.69, 9.17) is 0 Å². The molecule has 0 heterocycles. The lowest BCUT2D eigenvalue weighted by atomic mass is 9.89. The minimum absolute atomic E-state index is 0.00493. The standard InChI is InChI=1S/C14H29NO/c1-11(2)8-9-15(12-6-7-12)10-13(16)14(3,4)5/h11-13,16H,6-10H2,1-5H3. The Kier molecular flexibility index (Phi) is 4.81. The summed E-state index contributed by atoms with van der Waals surface area (Å²) in [5, 5.41) is 10.2. The third-order valence-corrected chi connectivity index (χ3v) is 3.46. The van der Waals surface area contributed by atoms with Crippen LogP contribution in [0.1, 0.15) is 53.9 Å². The van der Waals surface area contributed by atoms with Gasteiger partial charge in [0.15, 0.2) is 0 Å². The van der Waals surface area contributed by atoms with E-state index >= 15 is 0 Å². The summed E-state index contributed by atoms with van der Waals surface area (Å²) < 4.78 is 0. The molecule has 1 aliphatic carbocycles. The van der Waals surface area contributed by atoms with E-state index in [1.54, 1.807) is 0 Å². The van der Waals surface area contributed by atoms with E-state index < -0.39 is 0 Å². The van der Waals surface area contributed by atoms with Crippen LogP contribution in [0.3, 0.4) is 0 Å². The van der Waals surface area contributed by atoms with Crippen molar-refractivity contribution in [1.82, 2.24) is 4.90 Å². The molecule has 1 N–H and O–H groups in total. The zero-order valence-corrected chi connectivity index (χ0v) is 11.7. The molecule has 1 aliphatic rings. The molecule has 0 amide bonds. The first-order valence-corrected chi connectivity index (χ1v) is 6.73. The van der Waals surface area contributed by atoms with E-state index in [9.17, 15) is 5.11 Å². The topological polar surface area (TPSA) is 23.5 Å². The Morgan fingerprint density at radius 2 is 1.81 bits per heavy atom. The van der Waals surface area contributed by atoms with Crippen molar-refractivity contribution in [2.45, 2.75) is 66.0 Å². The molecule has 0 aromatic heterocycles. The van der Waals surface area contributed by atoms with Gasteiger partial charge in [-0.2, -0.15) is 0 Å². The van der Waals surface area contributed by atoms with Crippen LogP contribution in [0.25, 0.3) is 0 Å². The van der Waals surface area contributed by atoms with E-state index in [-0.39, 0.29) is 11.5 Å². The molecule has 1 saturated carbocycles. The van der Waals surface area contributed by atoms with Crippen molar-refractivity contribution >= 4 is 0 Å². The fourth-order valence-electron chi connectivity index (χ4n) is 1.78. The molecule has 1 fully saturated rings.